The Labute approximate surface area is 182 Å². The minimum atomic E-state index is -1.08. The van der Waals surface area contributed by atoms with Crippen LogP contribution in [0, 0.1) is 0 Å². The van der Waals surface area contributed by atoms with Gasteiger partial charge in [-0.3, -0.25) is 19.4 Å². The summed E-state index contributed by atoms with van der Waals surface area (Å²) >= 11 is 0. The summed E-state index contributed by atoms with van der Waals surface area (Å²) in [6, 6.07) is 5.72. The molecule has 3 aromatic rings. The molecule has 0 spiro atoms. The Morgan fingerprint density at radius 2 is 1.94 bits per heavy atom. The van der Waals surface area contributed by atoms with Gasteiger partial charge in [0.15, 0.2) is 0 Å². The molecule has 1 atom stereocenters. The highest BCUT2D eigenvalue weighted by Crippen LogP contribution is 2.16. The molecule has 168 valence electrons. The van der Waals surface area contributed by atoms with Gasteiger partial charge in [-0.05, 0) is 42.5 Å². The molecule has 2 aromatic heterocycles. The number of aromatic nitrogens is 3. The Bertz CT molecular complexity index is 1200. The fourth-order valence-corrected chi connectivity index (χ4v) is 3.32. The number of esters is 1. The van der Waals surface area contributed by atoms with E-state index >= 15 is 0 Å². The van der Waals surface area contributed by atoms with Crippen LogP contribution in [0.1, 0.15) is 34.3 Å². The van der Waals surface area contributed by atoms with Crippen LogP contribution in [0.25, 0.3) is 11.0 Å². The Kier molecular flexibility index (Phi) is 6.88. The number of carbonyl (C=O) groups excluding carboxylic acids is 2. The number of amides is 1. The zero-order valence-corrected chi connectivity index (χ0v) is 17.3. The summed E-state index contributed by atoms with van der Waals surface area (Å²) < 4.78 is 4.63. The molecule has 11 heteroatoms. The molecule has 0 aliphatic heterocycles. The Morgan fingerprint density at radius 1 is 1.22 bits per heavy atom. The van der Waals surface area contributed by atoms with E-state index < -0.39 is 23.9 Å². The van der Waals surface area contributed by atoms with E-state index in [4.69, 9.17) is 10.8 Å². The number of methoxy groups -OCH3 is 1. The summed E-state index contributed by atoms with van der Waals surface area (Å²) in [6.07, 6.45) is 2.55. The van der Waals surface area contributed by atoms with Crippen LogP contribution in [0.4, 0.5) is 5.95 Å². The average molecular weight is 441 g/mol. The molecule has 0 saturated carbocycles. The van der Waals surface area contributed by atoms with Gasteiger partial charge in [-0.2, -0.15) is 4.98 Å². The Hall–Kier alpha value is -4.15. The van der Waals surface area contributed by atoms with Gasteiger partial charge < -0.3 is 25.9 Å². The van der Waals surface area contributed by atoms with Crippen LogP contribution in [-0.2, 0) is 27.2 Å². The molecule has 0 saturated heterocycles. The lowest BCUT2D eigenvalue weighted by Crippen LogP contribution is -2.41. The van der Waals surface area contributed by atoms with Gasteiger partial charge in [0, 0.05) is 18.2 Å². The number of aryl methyl sites for hydroxylation is 2. The summed E-state index contributed by atoms with van der Waals surface area (Å²) in [4.78, 5) is 56.7. The zero-order valence-electron chi connectivity index (χ0n) is 17.3. The van der Waals surface area contributed by atoms with Crippen molar-refractivity contribution < 1.29 is 24.2 Å². The number of carboxylic acid groups (broad SMARTS) is 1. The minimum absolute atomic E-state index is 0.0437. The normalized spacial score (nSPS) is 11.8. The molecule has 0 fully saturated rings. The van der Waals surface area contributed by atoms with E-state index in [9.17, 15) is 19.2 Å². The van der Waals surface area contributed by atoms with Gasteiger partial charge in [-0.15, -0.1) is 0 Å². The number of anilines is 1. The number of hydrogen-bond acceptors (Lipinski definition) is 7. The highest BCUT2D eigenvalue weighted by atomic mass is 16.5. The van der Waals surface area contributed by atoms with Crippen molar-refractivity contribution in [3.63, 3.8) is 0 Å². The van der Waals surface area contributed by atoms with Crippen molar-refractivity contribution in [1.29, 1.82) is 0 Å². The maximum absolute atomic E-state index is 12.5. The molecule has 0 radical (unpaired) electrons. The summed E-state index contributed by atoms with van der Waals surface area (Å²) in [6.45, 7) is 0. The first-order chi connectivity index (χ1) is 15.3. The van der Waals surface area contributed by atoms with Gasteiger partial charge >= 0.3 is 11.9 Å². The third-order valence-electron chi connectivity index (χ3n) is 4.98. The van der Waals surface area contributed by atoms with E-state index in [-0.39, 0.29) is 24.3 Å². The molecule has 1 amide bonds. The lowest BCUT2D eigenvalue weighted by molar-refractivity contribution is -0.143. The number of ether oxygens (including phenoxy) is 1. The number of rotatable bonds is 9. The Morgan fingerprint density at radius 3 is 2.59 bits per heavy atom. The van der Waals surface area contributed by atoms with Crippen LogP contribution < -0.4 is 16.6 Å². The molecule has 0 bridgehead atoms. The fourth-order valence-electron chi connectivity index (χ4n) is 3.32. The van der Waals surface area contributed by atoms with E-state index in [1.807, 2.05) is 0 Å². The topological polar surface area (TPSA) is 180 Å². The summed E-state index contributed by atoms with van der Waals surface area (Å²) in [5.74, 6) is -2.25. The van der Waals surface area contributed by atoms with E-state index in [2.05, 4.69) is 25.0 Å². The molecule has 0 aliphatic rings. The molecular weight excluding hydrogens is 418 g/mol. The van der Waals surface area contributed by atoms with E-state index in [1.54, 1.807) is 30.5 Å². The van der Waals surface area contributed by atoms with E-state index in [0.29, 0.717) is 29.4 Å². The van der Waals surface area contributed by atoms with Crippen molar-refractivity contribution >= 4 is 34.8 Å². The maximum Gasteiger partial charge on any atom is 0.328 e. The summed E-state index contributed by atoms with van der Waals surface area (Å²) in [5.41, 5.74) is 7.73. The highest BCUT2D eigenvalue weighted by Gasteiger charge is 2.23. The monoisotopic (exact) mass is 441 g/mol. The molecule has 11 nitrogen and oxygen atoms in total. The average Bonchev–Trinajstić information content (AvgIpc) is 3.17. The van der Waals surface area contributed by atoms with Crippen LogP contribution in [0.5, 0.6) is 0 Å². The van der Waals surface area contributed by atoms with E-state index in [1.165, 1.54) is 7.11 Å². The number of fused-ring (bicyclic) bond motifs is 1. The standard InChI is InChI=1S/C21H23N5O6/c1-32-20(31)14(8-9-15(27)28)24-18(29)12-5-2-11(3-6-12)4-7-13-10-23-17-16(13)19(30)26-21(22)25-17/h2-3,5-6,10,14H,4,7-9H2,1H3,(H,24,29)(H,27,28)(H4,22,23,25,26,30)/t14-/m0/s1. The van der Waals surface area contributed by atoms with Crippen molar-refractivity contribution in [1.82, 2.24) is 20.3 Å². The summed E-state index contributed by atoms with van der Waals surface area (Å²) in [7, 11) is 1.17. The molecule has 0 unspecified atom stereocenters. The predicted molar refractivity (Wildman–Crippen MR) is 115 cm³/mol. The van der Waals surface area contributed by atoms with Crippen molar-refractivity contribution in [2.45, 2.75) is 31.7 Å². The fraction of sp³-hybridized carbons (Fsp3) is 0.286. The molecule has 0 aliphatic carbocycles. The number of nitrogens with one attached hydrogen (secondary N) is 3. The van der Waals surface area contributed by atoms with Gasteiger partial charge in [0.2, 0.25) is 5.95 Å². The SMILES string of the molecule is COC(=O)[C@H](CCC(=O)O)NC(=O)c1ccc(CCc2c[nH]c3nc(N)[nH]c(=O)c23)cc1. The molecule has 1 aromatic carbocycles. The molecular formula is C21H23N5O6. The second-order valence-electron chi connectivity index (χ2n) is 7.17. The van der Waals surface area contributed by atoms with Gasteiger partial charge in [0.1, 0.15) is 11.7 Å². The van der Waals surface area contributed by atoms with Crippen molar-refractivity contribution in [2.75, 3.05) is 12.8 Å². The third kappa shape index (κ3) is 5.31. The first kappa shape index (κ1) is 22.5. The van der Waals surface area contributed by atoms with Crippen molar-refractivity contribution in [3.05, 3.63) is 57.5 Å². The first-order valence-electron chi connectivity index (χ1n) is 9.83. The van der Waals surface area contributed by atoms with Crippen molar-refractivity contribution in [2.24, 2.45) is 0 Å². The number of aromatic amines is 2. The number of nitrogens with zero attached hydrogens (tertiary/aromatic N) is 1. The smallest absolute Gasteiger partial charge is 0.328 e. The van der Waals surface area contributed by atoms with Crippen molar-refractivity contribution in [3.8, 4) is 0 Å². The molecule has 3 rings (SSSR count). The number of nitrogen functional groups attached to an aromatic ring is 1. The first-order valence-corrected chi connectivity index (χ1v) is 9.83. The maximum atomic E-state index is 12.5. The minimum Gasteiger partial charge on any atom is -0.481 e. The largest absolute Gasteiger partial charge is 0.481 e. The quantitative estimate of drug-likeness (QED) is 0.302. The number of carboxylic acids is 1. The number of H-pyrrole nitrogens is 2. The number of hydrogen-bond donors (Lipinski definition) is 5. The summed E-state index contributed by atoms with van der Waals surface area (Å²) in [5, 5.41) is 11.8. The molecule has 2 heterocycles. The molecule has 32 heavy (non-hydrogen) atoms. The van der Waals surface area contributed by atoms with Crippen LogP contribution in [0.15, 0.2) is 35.3 Å². The van der Waals surface area contributed by atoms with Crippen LogP contribution in [-0.4, -0.2) is 51.1 Å². The van der Waals surface area contributed by atoms with Gasteiger partial charge in [-0.25, -0.2) is 4.79 Å². The van der Waals surface area contributed by atoms with E-state index in [0.717, 1.165) is 11.1 Å². The number of benzene rings is 1. The van der Waals surface area contributed by atoms with Crippen LogP contribution in [0.2, 0.25) is 0 Å². The Balaban J connectivity index is 1.64. The second kappa shape index (κ2) is 9.77. The number of aliphatic carboxylic acids is 1. The van der Waals surface area contributed by atoms with Crippen LogP contribution >= 0.6 is 0 Å². The zero-order chi connectivity index (χ0) is 23.3. The number of carbonyl (C=O) groups is 3. The molecule has 6 N–H and O–H groups in total. The van der Waals surface area contributed by atoms with Gasteiger partial charge in [0.05, 0.1) is 12.5 Å². The van der Waals surface area contributed by atoms with Crippen LogP contribution in [0.3, 0.4) is 0 Å². The van der Waals surface area contributed by atoms with Gasteiger partial charge in [-0.1, -0.05) is 12.1 Å². The lowest BCUT2D eigenvalue weighted by atomic mass is 10.0. The lowest BCUT2D eigenvalue weighted by Gasteiger charge is -2.15. The number of nitrogens with two attached hydrogens (primary N) is 1. The van der Waals surface area contributed by atoms with Gasteiger partial charge in [0.25, 0.3) is 11.5 Å². The third-order valence-corrected chi connectivity index (χ3v) is 4.98. The highest BCUT2D eigenvalue weighted by molar-refractivity contribution is 5.96. The second-order valence-corrected chi connectivity index (χ2v) is 7.17. The predicted octanol–water partition coefficient (Wildman–Crippen LogP) is 0.755.